The molecule has 0 spiro atoms. The van der Waals surface area contributed by atoms with Crippen molar-refractivity contribution < 1.29 is 9.47 Å². The number of ether oxygens (including phenoxy) is 2. The molecule has 6 heteroatoms. The van der Waals surface area contributed by atoms with Crippen LogP contribution < -0.4 is 5.32 Å². The summed E-state index contributed by atoms with van der Waals surface area (Å²) in [6.45, 7) is 9.38. The second kappa shape index (κ2) is 6.89. The lowest BCUT2D eigenvalue weighted by Crippen LogP contribution is -2.65. The van der Waals surface area contributed by atoms with Crippen LogP contribution in [0.1, 0.15) is 25.5 Å². The minimum absolute atomic E-state index is 0.160. The number of nitrogens with one attached hydrogen (secondary N) is 1. The predicted molar refractivity (Wildman–Crippen MR) is 85.0 cm³/mol. The quantitative estimate of drug-likeness (QED) is 0.859. The summed E-state index contributed by atoms with van der Waals surface area (Å²) in [6.07, 6.45) is 6.01. The Bertz CT molecular complexity index is 485. The van der Waals surface area contributed by atoms with Crippen molar-refractivity contribution in [3.8, 4) is 0 Å². The summed E-state index contributed by atoms with van der Waals surface area (Å²) in [6, 6.07) is 0. The third-order valence-electron chi connectivity index (χ3n) is 4.77. The maximum absolute atomic E-state index is 5.79. The van der Waals surface area contributed by atoms with Crippen molar-refractivity contribution in [2.24, 2.45) is 0 Å². The standard InChI is InChI=1S/C16H26N4O2/c1-3-22-14-10-16(11-14,20-6-8-21-9-7-20)12-19-15-13(2)17-4-5-18-15/h4-5,14H,3,6-12H2,1-2H3,(H,18,19). The van der Waals surface area contributed by atoms with Gasteiger partial charge in [0, 0.05) is 44.2 Å². The van der Waals surface area contributed by atoms with Crippen LogP contribution in [0.4, 0.5) is 5.82 Å². The largest absolute Gasteiger partial charge is 0.379 e. The fourth-order valence-corrected chi connectivity index (χ4v) is 3.52. The molecule has 1 aromatic heterocycles. The van der Waals surface area contributed by atoms with Crippen LogP contribution in [0.2, 0.25) is 0 Å². The minimum Gasteiger partial charge on any atom is -0.379 e. The number of nitrogens with zero attached hydrogens (tertiary/aromatic N) is 3. The Morgan fingerprint density at radius 2 is 2.05 bits per heavy atom. The van der Waals surface area contributed by atoms with Gasteiger partial charge in [-0.25, -0.2) is 4.98 Å². The fraction of sp³-hybridized carbons (Fsp3) is 0.750. The van der Waals surface area contributed by atoms with Crippen molar-refractivity contribution in [2.45, 2.75) is 38.3 Å². The highest BCUT2D eigenvalue weighted by Crippen LogP contribution is 2.40. The monoisotopic (exact) mass is 306 g/mol. The number of aryl methyl sites for hydroxylation is 1. The Morgan fingerprint density at radius 1 is 1.32 bits per heavy atom. The highest BCUT2D eigenvalue weighted by molar-refractivity contribution is 5.39. The number of hydrogen-bond acceptors (Lipinski definition) is 6. The Labute approximate surface area is 132 Å². The van der Waals surface area contributed by atoms with E-state index >= 15 is 0 Å². The normalized spacial score (nSPS) is 29.1. The summed E-state index contributed by atoms with van der Waals surface area (Å²) in [5, 5.41) is 3.50. The Morgan fingerprint density at radius 3 is 2.73 bits per heavy atom. The van der Waals surface area contributed by atoms with Gasteiger partial charge in [-0.15, -0.1) is 0 Å². The number of rotatable bonds is 6. The number of morpholine rings is 1. The zero-order valence-electron chi connectivity index (χ0n) is 13.5. The van der Waals surface area contributed by atoms with Gasteiger partial charge >= 0.3 is 0 Å². The second-order valence-electron chi connectivity index (χ2n) is 6.15. The first kappa shape index (κ1) is 15.6. The fourth-order valence-electron chi connectivity index (χ4n) is 3.52. The van der Waals surface area contributed by atoms with E-state index in [1.54, 1.807) is 12.4 Å². The lowest BCUT2D eigenvalue weighted by Gasteiger charge is -2.55. The van der Waals surface area contributed by atoms with Crippen molar-refractivity contribution in [1.29, 1.82) is 0 Å². The molecule has 0 aromatic carbocycles. The van der Waals surface area contributed by atoms with Crippen LogP contribution in [-0.4, -0.2) is 66.0 Å². The molecule has 2 heterocycles. The molecule has 0 bridgehead atoms. The molecule has 2 fully saturated rings. The van der Waals surface area contributed by atoms with Gasteiger partial charge in [0.1, 0.15) is 5.82 Å². The van der Waals surface area contributed by atoms with Crippen LogP contribution in [0.5, 0.6) is 0 Å². The molecule has 1 saturated heterocycles. The van der Waals surface area contributed by atoms with E-state index in [9.17, 15) is 0 Å². The van der Waals surface area contributed by atoms with Gasteiger partial charge in [0.05, 0.1) is 25.0 Å². The highest BCUT2D eigenvalue weighted by Gasteiger charge is 2.49. The summed E-state index contributed by atoms with van der Waals surface area (Å²) in [5.74, 6) is 0.884. The number of hydrogen-bond donors (Lipinski definition) is 1. The van der Waals surface area contributed by atoms with E-state index < -0.39 is 0 Å². The molecule has 1 aromatic rings. The summed E-state index contributed by atoms with van der Waals surface area (Å²) in [5.41, 5.74) is 1.11. The van der Waals surface area contributed by atoms with Crippen LogP contribution in [0.25, 0.3) is 0 Å². The smallest absolute Gasteiger partial charge is 0.147 e. The molecule has 22 heavy (non-hydrogen) atoms. The van der Waals surface area contributed by atoms with Crippen molar-refractivity contribution in [2.75, 3.05) is 44.8 Å². The zero-order valence-corrected chi connectivity index (χ0v) is 13.5. The molecule has 1 saturated carbocycles. The minimum atomic E-state index is 0.160. The van der Waals surface area contributed by atoms with Gasteiger partial charge in [-0.2, -0.15) is 0 Å². The van der Waals surface area contributed by atoms with Crippen molar-refractivity contribution in [1.82, 2.24) is 14.9 Å². The Kier molecular flexibility index (Phi) is 4.90. The van der Waals surface area contributed by atoms with Crippen LogP contribution in [-0.2, 0) is 9.47 Å². The highest BCUT2D eigenvalue weighted by atomic mass is 16.5. The Hall–Kier alpha value is -1.24. The van der Waals surface area contributed by atoms with E-state index in [4.69, 9.17) is 9.47 Å². The molecule has 1 N–H and O–H groups in total. The maximum Gasteiger partial charge on any atom is 0.147 e. The second-order valence-corrected chi connectivity index (χ2v) is 6.15. The van der Waals surface area contributed by atoms with Crippen molar-refractivity contribution in [3.63, 3.8) is 0 Å². The molecule has 0 atom stereocenters. The number of anilines is 1. The summed E-state index contributed by atoms with van der Waals surface area (Å²) < 4.78 is 11.3. The summed E-state index contributed by atoms with van der Waals surface area (Å²) in [4.78, 5) is 11.2. The molecule has 1 aliphatic heterocycles. The van der Waals surface area contributed by atoms with Gasteiger partial charge in [0.2, 0.25) is 0 Å². The predicted octanol–water partition coefficient (Wildman–Crippen LogP) is 1.47. The molecule has 2 aliphatic rings. The summed E-state index contributed by atoms with van der Waals surface area (Å²) >= 11 is 0. The van der Waals surface area contributed by atoms with Crippen LogP contribution >= 0.6 is 0 Å². The summed E-state index contributed by atoms with van der Waals surface area (Å²) in [7, 11) is 0. The van der Waals surface area contributed by atoms with Gasteiger partial charge in [-0.1, -0.05) is 0 Å². The van der Waals surface area contributed by atoms with Crippen molar-refractivity contribution >= 4 is 5.82 Å². The first-order chi connectivity index (χ1) is 10.7. The Balaban J connectivity index is 1.65. The van der Waals surface area contributed by atoms with E-state index in [0.29, 0.717) is 6.10 Å². The van der Waals surface area contributed by atoms with E-state index in [-0.39, 0.29) is 5.54 Å². The van der Waals surface area contributed by atoms with Gasteiger partial charge in [-0.05, 0) is 26.7 Å². The molecular formula is C16H26N4O2. The van der Waals surface area contributed by atoms with Gasteiger partial charge in [0.15, 0.2) is 0 Å². The van der Waals surface area contributed by atoms with Crippen LogP contribution in [0.3, 0.4) is 0 Å². The molecule has 6 nitrogen and oxygen atoms in total. The van der Waals surface area contributed by atoms with E-state index in [1.165, 1.54) is 0 Å². The first-order valence-corrected chi connectivity index (χ1v) is 8.19. The van der Waals surface area contributed by atoms with Crippen LogP contribution in [0.15, 0.2) is 12.4 Å². The van der Waals surface area contributed by atoms with Crippen molar-refractivity contribution in [3.05, 3.63) is 18.1 Å². The average molecular weight is 306 g/mol. The molecule has 0 amide bonds. The van der Waals surface area contributed by atoms with Gasteiger partial charge in [-0.3, -0.25) is 9.88 Å². The third kappa shape index (κ3) is 3.24. The van der Waals surface area contributed by atoms with E-state index in [0.717, 1.165) is 63.8 Å². The molecule has 122 valence electrons. The van der Waals surface area contributed by atoms with Gasteiger partial charge in [0.25, 0.3) is 0 Å². The number of aromatic nitrogens is 2. The lowest BCUT2D eigenvalue weighted by molar-refractivity contribution is -0.121. The first-order valence-electron chi connectivity index (χ1n) is 8.19. The third-order valence-corrected chi connectivity index (χ3v) is 4.77. The molecule has 0 radical (unpaired) electrons. The average Bonchev–Trinajstić information content (AvgIpc) is 2.52. The van der Waals surface area contributed by atoms with Gasteiger partial charge < -0.3 is 14.8 Å². The van der Waals surface area contributed by atoms with E-state index in [2.05, 4.69) is 27.1 Å². The maximum atomic E-state index is 5.79. The van der Waals surface area contributed by atoms with Crippen LogP contribution in [0, 0.1) is 6.92 Å². The molecule has 3 rings (SSSR count). The lowest BCUT2D eigenvalue weighted by atomic mass is 9.72. The molecule has 1 aliphatic carbocycles. The topological polar surface area (TPSA) is 59.5 Å². The SMILES string of the molecule is CCOC1CC(CNc2nccnc2C)(N2CCOCC2)C1. The molecule has 0 unspecified atom stereocenters. The zero-order chi connectivity index (χ0) is 15.4. The van der Waals surface area contributed by atoms with E-state index in [1.807, 2.05) is 6.92 Å². The molecular weight excluding hydrogens is 280 g/mol.